The minimum absolute atomic E-state index is 0.214. The van der Waals surface area contributed by atoms with E-state index >= 15 is 0 Å². The highest BCUT2D eigenvalue weighted by molar-refractivity contribution is 6.03. The second kappa shape index (κ2) is 5.35. The Kier molecular flexibility index (Phi) is 3.62. The molecule has 0 unspecified atom stereocenters. The van der Waals surface area contributed by atoms with Crippen molar-refractivity contribution in [2.75, 3.05) is 17.2 Å². The summed E-state index contributed by atoms with van der Waals surface area (Å²) in [4.78, 5) is 11.9. The Morgan fingerprint density at radius 3 is 2.61 bits per heavy atom. The van der Waals surface area contributed by atoms with Gasteiger partial charge >= 0.3 is 0 Å². The zero-order chi connectivity index (χ0) is 13.0. The number of carbonyl (C=O) groups is 1. The van der Waals surface area contributed by atoms with Crippen molar-refractivity contribution in [3.63, 3.8) is 0 Å². The highest BCUT2D eigenvalue weighted by Gasteiger charge is 2.08. The van der Waals surface area contributed by atoms with E-state index in [4.69, 9.17) is 4.52 Å². The zero-order valence-electron chi connectivity index (χ0n) is 10.4. The summed E-state index contributed by atoms with van der Waals surface area (Å²) in [6, 6.07) is 8.92. The van der Waals surface area contributed by atoms with Crippen LogP contribution < -0.4 is 10.6 Å². The predicted octanol–water partition coefficient (Wildman–Crippen LogP) is 2.67. The lowest BCUT2D eigenvalue weighted by Gasteiger charge is -2.04. The fourth-order valence-electron chi connectivity index (χ4n) is 1.55. The summed E-state index contributed by atoms with van der Waals surface area (Å²) in [6.45, 7) is 4.67. The fourth-order valence-corrected chi connectivity index (χ4v) is 1.55. The summed E-state index contributed by atoms with van der Waals surface area (Å²) < 4.78 is 4.92. The van der Waals surface area contributed by atoms with E-state index in [-0.39, 0.29) is 5.91 Å². The third-order valence-corrected chi connectivity index (χ3v) is 2.39. The van der Waals surface area contributed by atoms with E-state index in [2.05, 4.69) is 15.8 Å². The smallest absolute Gasteiger partial charge is 0.258 e. The van der Waals surface area contributed by atoms with Gasteiger partial charge in [0.05, 0.1) is 5.69 Å². The molecule has 0 saturated heterocycles. The van der Waals surface area contributed by atoms with Crippen molar-refractivity contribution in [2.24, 2.45) is 0 Å². The molecular formula is C13H15N3O2. The van der Waals surface area contributed by atoms with Crippen LogP contribution in [-0.4, -0.2) is 17.6 Å². The van der Waals surface area contributed by atoms with E-state index < -0.39 is 0 Å². The van der Waals surface area contributed by atoms with Gasteiger partial charge in [-0.3, -0.25) is 10.1 Å². The zero-order valence-corrected chi connectivity index (χ0v) is 10.4. The van der Waals surface area contributed by atoms with Gasteiger partial charge in [-0.15, -0.1) is 0 Å². The van der Waals surface area contributed by atoms with E-state index in [1.165, 1.54) is 0 Å². The van der Waals surface area contributed by atoms with Crippen molar-refractivity contribution < 1.29 is 9.32 Å². The number of amides is 1. The number of aryl methyl sites for hydroxylation is 1. The molecule has 0 saturated carbocycles. The number of anilines is 2. The molecule has 0 bridgehead atoms. The van der Waals surface area contributed by atoms with E-state index in [0.717, 1.165) is 17.9 Å². The highest BCUT2D eigenvalue weighted by Crippen LogP contribution is 2.13. The second-order valence-electron chi connectivity index (χ2n) is 3.89. The van der Waals surface area contributed by atoms with Crippen molar-refractivity contribution in [3.8, 4) is 0 Å². The Morgan fingerprint density at radius 2 is 2.06 bits per heavy atom. The Labute approximate surface area is 105 Å². The lowest BCUT2D eigenvalue weighted by molar-refractivity contribution is 0.102. The topological polar surface area (TPSA) is 67.2 Å². The van der Waals surface area contributed by atoms with E-state index in [1.807, 2.05) is 19.1 Å². The van der Waals surface area contributed by atoms with Crippen molar-refractivity contribution >= 4 is 17.5 Å². The van der Waals surface area contributed by atoms with E-state index in [0.29, 0.717) is 11.4 Å². The molecule has 2 aromatic rings. The van der Waals surface area contributed by atoms with Crippen LogP contribution in [0.15, 0.2) is 34.9 Å². The molecule has 0 atom stereocenters. The number of hydrogen-bond donors (Lipinski definition) is 2. The molecule has 18 heavy (non-hydrogen) atoms. The van der Waals surface area contributed by atoms with Crippen LogP contribution in [0.25, 0.3) is 0 Å². The lowest BCUT2D eigenvalue weighted by Crippen LogP contribution is -2.11. The largest absolute Gasteiger partial charge is 0.385 e. The number of aromatic nitrogens is 1. The fraction of sp³-hybridized carbons (Fsp3) is 0.231. The van der Waals surface area contributed by atoms with Gasteiger partial charge in [0.25, 0.3) is 5.91 Å². The van der Waals surface area contributed by atoms with Crippen LogP contribution in [0.1, 0.15) is 23.0 Å². The van der Waals surface area contributed by atoms with Crippen LogP contribution >= 0.6 is 0 Å². The third-order valence-electron chi connectivity index (χ3n) is 2.39. The van der Waals surface area contributed by atoms with Crippen molar-refractivity contribution in [3.05, 3.63) is 41.6 Å². The molecular weight excluding hydrogens is 230 g/mol. The van der Waals surface area contributed by atoms with Gasteiger partial charge in [0, 0.05) is 23.9 Å². The maximum Gasteiger partial charge on any atom is 0.258 e. The Bertz CT molecular complexity index is 531. The summed E-state index contributed by atoms with van der Waals surface area (Å²) in [7, 11) is 0. The lowest BCUT2D eigenvalue weighted by atomic mass is 10.2. The van der Waals surface area contributed by atoms with Gasteiger partial charge in [0.15, 0.2) is 0 Å². The summed E-state index contributed by atoms with van der Waals surface area (Å²) in [5, 5.41) is 9.51. The number of benzene rings is 1. The third kappa shape index (κ3) is 2.88. The SMILES string of the molecule is CCNc1ccc(C(=O)Nc2cc(C)no2)cc1. The molecule has 1 aromatic carbocycles. The average Bonchev–Trinajstić information content (AvgIpc) is 2.76. The van der Waals surface area contributed by atoms with Crippen LogP contribution in [-0.2, 0) is 0 Å². The Balaban J connectivity index is 2.04. The first kappa shape index (κ1) is 12.2. The van der Waals surface area contributed by atoms with E-state index in [9.17, 15) is 4.79 Å². The molecule has 0 spiro atoms. The Hall–Kier alpha value is -2.30. The summed E-state index contributed by atoms with van der Waals surface area (Å²) in [5.74, 6) is 0.141. The normalized spacial score (nSPS) is 10.1. The molecule has 2 N–H and O–H groups in total. The van der Waals surface area contributed by atoms with Crippen LogP contribution in [0, 0.1) is 6.92 Å². The number of hydrogen-bond acceptors (Lipinski definition) is 4. The monoisotopic (exact) mass is 245 g/mol. The van der Waals surface area contributed by atoms with Crippen LogP contribution in [0.2, 0.25) is 0 Å². The molecule has 94 valence electrons. The standard InChI is InChI=1S/C13H15N3O2/c1-3-14-11-6-4-10(5-7-11)13(17)15-12-8-9(2)16-18-12/h4-8,14H,3H2,1-2H3,(H,15,17). The maximum absolute atomic E-state index is 11.9. The van der Waals surface area contributed by atoms with Crippen molar-refractivity contribution in [2.45, 2.75) is 13.8 Å². The van der Waals surface area contributed by atoms with Gasteiger partial charge in [-0.05, 0) is 38.1 Å². The molecule has 1 heterocycles. The first-order valence-electron chi connectivity index (χ1n) is 5.77. The molecule has 0 aliphatic carbocycles. The molecule has 0 aliphatic heterocycles. The molecule has 0 fully saturated rings. The quantitative estimate of drug-likeness (QED) is 0.869. The molecule has 0 radical (unpaired) electrons. The van der Waals surface area contributed by atoms with Crippen LogP contribution in [0.4, 0.5) is 11.6 Å². The first-order chi connectivity index (χ1) is 8.69. The van der Waals surface area contributed by atoms with E-state index in [1.54, 1.807) is 25.1 Å². The van der Waals surface area contributed by atoms with Crippen LogP contribution in [0.5, 0.6) is 0 Å². The van der Waals surface area contributed by atoms with Gasteiger partial charge in [0.1, 0.15) is 0 Å². The molecule has 5 heteroatoms. The first-order valence-corrected chi connectivity index (χ1v) is 5.77. The molecule has 1 aromatic heterocycles. The average molecular weight is 245 g/mol. The minimum Gasteiger partial charge on any atom is -0.385 e. The molecule has 5 nitrogen and oxygen atoms in total. The maximum atomic E-state index is 11.9. The predicted molar refractivity (Wildman–Crippen MR) is 69.8 cm³/mol. The van der Waals surface area contributed by atoms with Crippen molar-refractivity contribution in [1.29, 1.82) is 0 Å². The van der Waals surface area contributed by atoms with Gasteiger partial charge < -0.3 is 9.84 Å². The summed E-state index contributed by atoms with van der Waals surface area (Å²) >= 11 is 0. The molecule has 0 aliphatic rings. The number of nitrogens with zero attached hydrogens (tertiary/aromatic N) is 1. The highest BCUT2D eigenvalue weighted by atomic mass is 16.5. The summed E-state index contributed by atoms with van der Waals surface area (Å²) in [5.41, 5.74) is 2.29. The molecule has 2 rings (SSSR count). The second-order valence-corrected chi connectivity index (χ2v) is 3.89. The number of carbonyl (C=O) groups excluding carboxylic acids is 1. The van der Waals surface area contributed by atoms with Gasteiger partial charge in [-0.2, -0.15) is 0 Å². The van der Waals surface area contributed by atoms with Gasteiger partial charge in [0.2, 0.25) is 5.88 Å². The Morgan fingerprint density at radius 1 is 1.33 bits per heavy atom. The van der Waals surface area contributed by atoms with Crippen LogP contribution in [0.3, 0.4) is 0 Å². The van der Waals surface area contributed by atoms with Gasteiger partial charge in [-0.1, -0.05) is 5.16 Å². The number of rotatable bonds is 4. The van der Waals surface area contributed by atoms with Crippen molar-refractivity contribution in [1.82, 2.24) is 5.16 Å². The molecule has 1 amide bonds. The minimum atomic E-state index is -0.214. The van der Waals surface area contributed by atoms with Gasteiger partial charge in [-0.25, -0.2) is 0 Å². The number of nitrogens with one attached hydrogen (secondary N) is 2. The summed E-state index contributed by atoms with van der Waals surface area (Å²) in [6.07, 6.45) is 0.